The molecular formula is C21H16N4O. The van der Waals surface area contributed by atoms with Crippen LogP contribution in [0.5, 0.6) is 0 Å². The van der Waals surface area contributed by atoms with Gasteiger partial charge in [-0.15, -0.1) is 4.91 Å². The van der Waals surface area contributed by atoms with E-state index >= 15 is 0 Å². The second-order valence-electron chi connectivity index (χ2n) is 5.87. The number of rotatable bonds is 5. The minimum atomic E-state index is -0.322. The molecule has 0 aliphatic carbocycles. The predicted octanol–water partition coefficient (Wildman–Crippen LogP) is 5.23. The van der Waals surface area contributed by atoms with Crippen molar-refractivity contribution >= 4 is 22.3 Å². The molecule has 0 spiro atoms. The third kappa shape index (κ3) is 3.02. The van der Waals surface area contributed by atoms with Crippen molar-refractivity contribution in [3.63, 3.8) is 0 Å². The van der Waals surface area contributed by atoms with Gasteiger partial charge < -0.3 is 5.32 Å². The molecule has 0 amide bonds. The number of pyridine rings is 2. The zero-order valence-electron chi connectivity index (χ0n) is 13.9. The van der Waals surface area contributed by atoms with E-state index in [9.17, 15) is 4.91 Å². The molecule has 0 aliphatic heterocycles. The summed E-state index contributed by atoms with van der Waals surface area (Å²) in [5.41, 5.74) is 3.41. The van der Waals surface area contributed by atoms with Crippen molar-refractivity contribution in [3.05, 3.63) is 101 Å². The van der Waals surface area contributed by atoms with Crippen LogP contribution in [0.25, 0.3) is 10.9 Å². The zero-order valence-corrected chi connectivity index (χ0v) is 13.9. The van der Waals surface area contributed by atoms with E-state index in [4.69, 9.17) is 0 Å². The Balaban J connectivity index is 1.89. The summed E-state index contributed by atoms with van der Waals surface area (Å²) in [4.78, 5) is 20.5. The van der Waals surface area contributed by atoms with Crippen LogP contribution in [-0.4, -0.2) is 9.97 Å². The Morgan fingerprint density at radius 1 is 0.808 bits per heavy atom. The Morgan fingerprint density at radius 3 is 2.38 bits per heavy atom. The van der Waals surface area contributed by atoms with Gasteiger partial charge in [-0.2, -0.15) is 0 Å². The van der Waals surface area contributed by atoms with Gasteiger partial charge in [0.15, 0.2) is 0 Å². The summed E-state index contributed by atoms with van der Waals surface area (Å²) in [6.07, 6.45) is 3.41. The van der Waals surface area contributed by atoms with E-state index in [1.54, 1.807) is 12.4 Å². The van der Waals surface area contributed by atoms with E-state index in [1.807, 2.05) is 72.8 Å². The molecule has 0 bridgehead atoms. The number of nitrogens with zero attached hydrogens (tertiary/aromatic N) is 3. The molecule has 0 aliphatic rings. The van der Waals surface area contributed by atoms with Crippen molar-refractivity contribution in [2.45, 2.75) is 6.04 Å². The molecule has 5 heteroatoms. The highest BCUT2D eigenvalue weighted by Crippen LogP contribution is 2.36. The first kappa shape index (κ1) is 15.9. The van der Waals surface area contributed by atoms with E-state index < -0.39 is 0 Å². The Labute approximate surface area is 150 Å². The second-order valence-corrected chi connectivity index (χ2v) is 5.87. The molecule has 4 rings (SSSR count). The molecule has 0 fully saturated rings. The lowest BCUT2D eigenvalue weighted by atomic mass is 9.98. The molecule has 2 heterocycles. The summed E-state index contributed by atoms with van der Waals surface area (Å²) >= 11 is 0. The van der Waals surface area contributed by atoms with E-state index in [0.29, 0.717) is 11.2 Å². The number of aromatic nitrogens is 2. The highest BCUT2D eigenvalue weighted by atomic mass is 16.3. The second kappa shape index (κ2) is 7.11. The minimum Gasteiger partial charge on any atom is -0.373 e. The molecule has 0 radical (unpaired) electrons. The SMILES string of the molecule is O=Nc1c(C(Nc2ccccc2)c2ccccn2)ccc2cccnc12. The molecule has 26 heavy (non-hydrogen) atoms. The Morgan fingerprint density at radius 2 is 1.62 bits per heavy atom. The van der Waals surface area contributed by atoms with Crippen LogP contribution in [0, 0.1) is 4.91 Å². The van der Waals surface area contributed by atoms with Gasteiger partial charge in [-0.3, -0.25) is 9.97 Å². The van der Waals surface area contributed by atoms with Crippen LogP contribution in [0.1, 0.15) is 17.3 Å². The minimum absolute atomic E-state index is 0.322. The molecule has 5 nitrogen and oxygen atoms in total. The average Bonchev–Trinajstić information content (AvgIpc) is 2.72. The van der Waals surface area contributed by atoms with Gasteiger partial charge in [-0.25, -0.2) is 0 Å². The third-order valence-corrected chi connectivity index (χ3v) is 4.25. The number of benzene rings is 2. The van der Waals surface area contributed by atoms with E-state index in [1.165, 1.54) is 0 Å². The van der Waals surface area contributed by atoms with Gasteiger partial charge in [0, 0.05) is 29.0 Å². The van der Waals surface area contributed by atoms with Gasteiger partial charge >= 0.3 is 0 Å². The van der Waals surface area contributed by atoms with Crippen LogP contribution in [0.2, 0.25) is 0 Å². The molecular weight excluding hydrogens is 324 g/mol. The molecule has 4 aromatic rings. The van der Waals surface area contributed by atoms with Gasteiger partial charge in [-0.05, 0) is 35.5 Å². The summed E-state index contributed by atoms with van der Waals surface area (Å²) in [7, 11) is 0. The molecule has 1 N–H and O–H groups in total. The fraction of sp³-hybridized carbons (Fsp3) is 0.0476. The molecule has 2 aromatic carbocycles. The molecule has 2 aromatic heterocycles. The number of hydrogen-bond acceptors (Lipinski definition) is 5. The summed E-state index contributed by atoms with van der Waals surface area (Å²) < 4.78 is 0. The monoisotopic (exact) mass is 340 g/mol. The number of nitroso groups, excluding NO2 is 1. The molecule has 0 saturated carbocycles. The fourth-order valence-electron chi connectivity index (χ4n) is 3.03. The van der Waals surface area contributed by atoms with Gasteiger partial charge in [-0.1, -0.05) is 42.5 Å². The summed E-state index contributed by atoms with van der Waals surface area (Å²) in [5.74, 6) is 0. The molecule has 1 atom stereocenters. The Hall–Kier alpha value is -3.60. The van der Waals surface area contributed by atoms with Crippen LogP contribution >= 0.6 is 0 Å². The van der Waals surface area contributed by atoms with Gasteiger partial charge in [0.1, 0.15) is 5.69 Å². The number of anilines is 1. The maximum Gasteiger partial charge on any atom is 0.139 e. The maximum atomic E-state index is 11.7. The number of para-hydroxylation sites is 1. The lowest BCUT2D eigenvalue weighted by Gasteiger charge is -2.21. The van der Waals surface area contributed by atoms with Crippen molar-refractivity contribution in [2.24, 2.45) is 5.18 Å². The lowest BCUT2D eigenvalue weighted by molar-refractivity contribution is 0.888. The highest BCUT2D eigenvalue weighted by molar-refractivity contribution is 5.91. The molecule has 0 saturated heterocycles. The topological polar surface area (TPSA) is 67.2 Å². The van der Waals surface area contributed by atoms with Gasteiger partial charge in [0.2, 0.25) is 0 Å². The van der Waals surface area contributed by atoms with Gasteiger partial charge in [0.25, 0.3) is 0 Å². The lowest BCUT2D eigenvalue weighted by Crippen LogP contribution is -2.14. The number of fused-ring (bicyclic) bond motifs is 1. The van der Waals surface area contributed by atoms with Crippen molar-refractivity contribution in [1.29, 1.82) is 0 Å². The zero-order chi connectivity index (χ0) is 17.8. The fourth-order valence-corrected chi connectivity index (χ4v) is 3.03. The quantitative estimate of drug-likeness (QED) is 0.505. The number of nitrogens with one attached hydrogen (secondary N) is 1. The largest absolute Gasteiger partial charge is 0.373 e. The Kier molecular flexibility index (Phi) is 4.35. The normalized spacial score (nSPS) is 11.8. The van der Waals surface area contributed by atoms with Crippen LogP contribution in [0.3, 0.4) is 0 Å². The molecule has 1 unspecified atom stereocenters. The van der Waals surface area contributed by atoms with Crippen molar-refractivity contribution in [1.82, 2.24) is 9.97 Å². The summed E-state index contributed by atoms with van der Waals surface area (Å²) in [6, 6.07) is 22.8. The van der Waals surface area contributed by atoms with Crippen LogP contribution in [-0.2, 0) is 0 Å². The summed E-state index contributed by atoms with van der Waals surface area (Å²) in [6.45, 7) is 0. The van der Waals surface area contributed by atoms with Crippen molar-refractivity contribution in [3.8, 4) is 0 Å². The van der Waals surface area contributed by atoms with E-state index in [2.05, 4.69) is 20.5 Å². The maximum absolute atomic E-state index is 11.7. The van der Waals surface area contributed by atoms with Crippen molar-refractivity contribution < 1.29 is 0 Å². The smallest absolute Gasteiger partial charge is 0.139 e. The first-order chi connectivity index (χ1) is 12.9. The Bertz CT molecular complexity index is 1040. The van der Waals surface area contributed by atoms with Gasteiger partial charge in [0.05, 0.1) is 17.3 Å². The van der Waals surface area contributed by atoms with E-state index in [-0.39, 0.29) is 6.04 Å². The van der Waals surface area contributed by atoms with Crippen LogP contribution in [0.15, 0.2) is 90.4 Å². The third-order valence-electron chi connectivity index (χ3n) is 4.25. The first-order valence-corrected chi connectivity index (χ1v) is 8.30. The predicted molar refractivity (Wildman–Crippen MR) is 103 cm³/mol. The summed E-state index contributed by atoms with van der Waals surface area (Å²) in [5, 5.41) is 7.65. The highest BCUT2D eigenvalue weighted by Gasteiger charge is 2.21. The number of hydrogen-bond donors (Lipinski definition) is 1. The van der Waals surface area contributed by atoms with Crippen LogP contribution < -0.4 is 5.32 Å². The molecule has 126 valence electrons. The first-order valence-electron chi connectivity index (χ1n) is 8.30. The van der Waals surface area contributed by atoms with E-state index in [0.717, 1.165) is 22.3 Å². The standard InChI is InChI=1S/C21H16N4O/c26-25-21-17(12-11-15-7-6-14-23-19(15)21)20(18-10-4-5-13-22-18)24-16-8-2-1-3-9-16/h1-14,20,24H. The average molecular weight is 340 g/mol. The van der Waals surface area contributed by atoms with Crippen molar-refractivity contribution in [2.75, 3.05) is 5.32 Å². The van der Waals surface area contributed by atoms with Crippen LogP contribution in [0.4, 0.5) is 11.4 Å².